The molecule has 0 atom stereocenters. The Morgan fingerprint density at radius 1 is 1.14 bits per heavy atom. The van der Waals surface area contributed by atoms with Crippen molar-refractivity contribution in [2.24, 2.45) is 0 Å². The molecule has 1 N–H and O–H groups in total. The maximum absolute atomic E-state index is 12.5. The van der Waals surface area contributed by atoms with Crippen LogP contribution in [0.15, 0.2) is 48.1 Å². The summed E-state index contributed by atoms with van der Waals surface area (Å²) in [4.78, 5) is 30.1. The summed E-state index contributed by atoms with van der Waals surface area (Å²) in [5.74, 6) is 0.631. The second kappa shape index (κ2) is 9.11. The molecular formula is C21H24N6OS. The summed E-state index contributed by atoms with van der Waals surface area (Å²) < 4.78 is 0. The van der Waals surface area contributed by atoms with E-state index in [9.17, 15) is 4.79 Å². The lowest BCUT2D eigenvalue weighted by Crippen LogP contribution is -2.45. The van der Waals surface area contributed by atoms with Crippen molar-refractivity contribution in [3.8, 4) is 10.6 Å². The first-order valence-electron chi connectivity index (χ1n) is 9.72. The molecule has 0 unspecified atom stereocenters. The highest BCUT2D eigenvalue weighted by molar-refractivity contribution is 7.13. The number of nitrogens with zero attached hydrogens (tertiary/aromatic N) is 5. The van der Waals surface area contributed by atoms with Crippen LogP contribution in [0.5, 0.6) is 0 Å². The number of piperazine rings is 1. The van der Waals surface area contributed by atoms with Crippen LogP contribution in [0.2, 0.25) is 0 Å². The van der Waals surface area contributed by atoms with Crippen LogP contribution in [-0.2, 0) is 6.42 Å². The van der Waals surface area contributed by atoms with Gasteiger partial charge in [0.25, 0.3) is 5.91 Å². The van der Waals surface area contributed by atoms with Gasteiger partial charge in [-0.15, -0.1) is 11.3 Å². The number of anilines is 1. The van der Waals surface area contributed by atoms with E-state index in [0.29, 0.717) is 18.7 Å². The Kier molecular flexibility index (Phi) is 6.12. The lowest BCUT2D eigenvalue weighted by atomic mass is 10.2. The van der Waals surface area contributed by atoms with E-state index in [2.05, 4.69) is 49.2 Å². The summed E-state index contributed by atoms with van der Waals surface area (Å²) >= 11 is 1.62. The fourth-order valence-corrected chi connectivity index (χ4v) is 4.07. The highest BCUT2D eigenvalue weighted by Crippen LogP contribution is 2.23. The Hall–Kier alpha value is -2.84. The van der Waals surface area contributed by atoms with Gasteiger partial charge < -0.3 is 15.1 Å². The van der Waals surface area contributed by atoms with Crippen LogP contribution < -0.4 is 10.2 Å². The molecular weight excluding hydrogens is 384 g/mol. The summed E-state index contributed by atoms with van der Waals surface area (Å²) in [6, 6.07) is 11.9. The first kappa shape index (κ1) is 19.5. The molecule has 150 valence electrons. The minimum Gasteiger partial charge on any atom is -0.354 e. The third-order valence-corrected chi connectivity index (χ3v) is 5.89. The van der Waals surface area contributed by atoms with E-state index in [4.69, 9.17) is 0 Å². The molecule has 1 fully saturated rings. The summed E-state index contributed by atoms with van der Waals surface area (Å²) in [6.07, 6.45) is 2.15. The normalized spacial score (nSPS) is 14.7. The van der Waals surface area contributed by atoms with Crippen molar-refractivity contribution in [1.29, 1.82) is 0 Å². The number of aromatic nitrogens is 3. The third kappa shape index (κ3) is 4.96. The minimum absolute atomic E-state index is 0.179. The van der Waals surface area contributed by atoms with E-state index in [0.717, 1.165) is 48.3 Å². The van der Waals surface area contributed by atoms with Crippen LogP contribution in [0.1, 0.15) is 16.2 Å². The molecule has 29 heavy (non-hydrogen) atoms. The van der Waals surface area contributed by atoms with Crippen molar-refractivity contribution >= 4 is 23.1 Å². The predicted octanol–water partition coefficient (Wildman–Crippen LogP) is 2.32. The molecule has 1 amide bonds. The molecule has 3 heterocycles. The number of carbonyl (C=O) groups is 1. The molecule has 3 aromatic rings. The Morgan fingerprint density at radius 2 is 1.93 bits per heavy atom. The maximum Gasteiger partial charge on any atom is 0.270 e. The van der Waals surface area contributed by atoms with Gasteiger partial charge in [0.05, 0.1) is 5.69 Å². The van der Waals surface area contributed by atoms with E-state index >= 15 is 0 Å². The van der Waals surface area contributed by atoms with Crippen molar-refractivity contribution < 1.29 is 4.79 Å². The lowest BCUT2D eigenvalue weighted by Gasteiger charge is -2.33. The van der Waals surface area contributed by atoms with Crippen LogP contribution in [-0.4, -0.2) is 65.5 Å². The van der Waals surface area contributed by atoms with E-state index in [1.165, 1.54) is 6.33 Å². The molecule has 1 aliphatic heterocycles. The van der Waals surface area contributed by atoms with Gasteiger partial charge in [-0.1, -0.05) is 30.3 Å². The number of benzene rings is 1. The summed E-state index contributed by atoms with van der Waals surface area (Å²) in [5, 5.41) is 5.99. The zero-order chi connectivity index (χ0) is 20.1. The van der Waals surface area contributed by atoms with Crippen LogP contribution in [0, 0.1) is 0 Å². The van der Waals surface area contributed by atoms with Gasteiger partial charge in [-0.2, -0.15) is 0 Å². The molecule has 0 saturated carbocycles. The fourth-order valence-electron chi connectivity index (χ4n) is 3.21. The van der Waals surface area contributed by atoms with Gasteiger partial charge in [0, 0.05) is 56.2 Å². The molecule has 0 radical (unpaired) electrons. The Labute approximate surface area is 174 Å². The largest absolute Gasteiger partial charge is 0.354 e. The standard InChI is InChI=1S/C21H24N6OS/c1-26-9-11-27(12-10-26)19-13-18(23-15-24-19)20(28)22-8-7-17-14-29-21(25-17)16-5-3-2-4-6-16/h2-6,13-15H,7-12H2,1H3,(H,22,28). The molecule has 1 saturated heterocycles. The van der Waals surface area contributed by atoms with E-state index in [1.54, 1.807) is 17.4 Å². The van der Waals surface area contributed by atoms with Crippen LogP contribution in [0.25, 0.3) is 10.6 Å². The minimum atomic E-state index is -0.179. The Morgan fingerprint density at radius 3 is 2.72 bits per heavy atom. The molecule has 7 nitrogen and oxygen atoms in total. The zero-order valence-corrected chi connectivity index (χ0v) is 17.2. The first-order chi connectivity index (χ1) is 14.2. The SMILES string of the molecule is CN1CCN(c2cc(C(=O)NCCc3csc(-c4ccccc4)n3)ncn2)CC1. The average Bonchev–Trinajstić information content (AvgIpc) is 3.24. The van der Waals surface area contributed by atoms with Gasteiger partial charge in [-0.25, -0.2) is 15.0 Å². The number of rotatable bonds is 6. The van der Waals surface area contributed by atoms with Gasteiger partial charge in [-0.3, -0.25) is 4.79 Å². The van der Waals surface area contributed by atoms with Crippen LogP contribution >= 0.6 is 11.3 Å². The topological polar surface area (TPSA) is 74.2 Å². The smallest absolute Gasteiger partial charge is 0.270 e. The molecule has 2 aromatic heterocycles. The van der Waals surface area contributed by atoms with Gasteiger partial charge in [0.2, 0.25) is 0 Å². The molecule has 1 aliphatic rings. The number of nitrogens with one attached hydrogen (secondary N) is 1. The quantitative estimate of drug-likeness (QED) is 0.675. The molecule has 0 aliphatic carbocycles. The van der Waals surface area contributed by atoms with Crippen molar-refractivity contribution in [3.05, 3.63) is 59.5 Å². The fraction of sp³-hybridized carbons (Fsp3) is 0.333. The Balaban J connectivity index is 1.31. The number of carbonyl (C=O) groups excluding carboxylic acids is 1. The predicted molar refractivity (Wildman–Crippen MR) is 115 cm³/mol. The van der Waals surface area contributed by atoms with Crippen LogP contribution in [0.4, 0.5) is 5.82 Å². The van der Waals surface area contributed by atoms with E-state index < -0.39 is 0 Å². The van der Waals surface area contributed by atoms with Gasteiger partial charge in [0.15, 0.2) is 0 Å². The van der Waals surface area contributed by atoms with Crippen molar-refractivity contribution in [1.82, 2.24) is 25.2 Å². The molecule has 0 spiro atoms. The number of hydrogen-bond acceptors (Lipinski definition) is 7. The molecule has 8 heteroatoms. The van der Waals surface area contributed by atoms with E-state index in [1.807, 2.05) is 23.6 Å². The van der Waals surface area contributed by atoms with Crippen LogP contribution in [0.3, 0.4) is 0 Å². The number of hydrogen-bond donors (Lipinski definition) is 1. The van der Waals surface area contributed by atoms with Crippen molar-refractivity contribution in [2.45, 2.75) is 6.42 Å². The second-order valence-electron chi connectivity index (χ2n) is 7.07. The number of likely N-dealkylation sites (N-methyl/N-ethyl adjacent to an activating group) is 1. The van der Waals surface area contributed by atoms with Crippen molar-refractivity contribution in [2.75, 3.05) is 44.7 Å². The van der Waals surface area contributed by atoms with Gasteiger partial charge in [-0.05, 0) is 7.05 Å². The third-order valence-electron chi connectivity index (χ3n) is 4.95. The van der Waals surface area contributed by atoms with Crippen molar-refractivity contribution in [3.63, 3.8) is 0 Å². The molecule has 1 aromatic carbocycles. The van der Waals surface area contributed by atoms with Gasteiger partial charge >= 0.3 is 0 Å². The van der Waals surface area contributed by atoms with Gasteiger partial charge in [0.1, 0.15) is 22.8 Å². The average molecular weight is 409 g/mol. The highest BCUT2D eigenvalue weighted by atomic mass is 32.1. The number of amides is 1. The Bertz CT molecular complexity index is 953. The summed E-state index contributed by atoms with van der Waals surface area (Å²) in [6.45, 7) is 4.31. The summed E-state index contributed by atoms with van der Waals surface area (Å²) in [5.41, 5.74) is 2.50. The molecule has 0 bridgehead atoms. The first-order valence-corrected chi connectivity index (χ1v) is 10.6. The zero-order valence-electron chi connectivity index (χ0n) is 16.4. The maximum atomic E-state index is 12.5. The lowest BCUT2D eigenvalue weighted by molar-refractivity contribution is 0.0949. The monoisotopic (exact) mass is 408 g/mol. The summed E-state index contributed by atoms with van der Waals surface area (Å²) in [7, 11) is 2.11. The highest BCUT2D eigenvalue weighted by Gasteiger charge is 2.17. The molecule has 4 rings (SSSR count). The van der Waals surface area contributed by atoms with E-state index in [-0.39, 0.29) is 5.91 Å². The second-order valence-corrected chi connectivity index (χ2v) is 7.93. The number of thiazole rings is 1.